The number of hydrogen-bond acceptors (Lipinski definition) is 7. The van der Waals surface area contributed by atoms with Gasteiger partial charge in [0.2, 0.25) is 0 Å². The molecule has 0 amide bonds. The van der Waals surface area contributed by atoms with Crippen LogP contribution in [0.25, 0.3) is 0 Å². The zero-order valence-corrected chi connectivity index (χ0v) is 16.8. The molecule has 2 saturated carbocycles. The van der Waals surface area contributed by atoms with Gasteiger partial charge in [-0.3, -0.25) is 4.55 Å². The molecule has 2 bridgehead atoms. The average Bonchev–Trinajstić information content (AvgIpc) is 2.54. The number of ether oxygens (including phenoxy) is 2. The molecule has 0 aromatic carbocycles. The quantitative estimate of drug-likeness (QED) is 0.332. The van der Waals surface area contributed by atoms with E-state index in [1.165, 1.54) is 0 Å². The topological polar surface area (TPSA) is 133 Å². The summed E-state index contributed by atoms with van der Waals surface area (Å²) < 4.78 is 111. The molecule has 8 nitrogen and oxygen atoms in total. The first-order valence-corrected chi connectivity index (χ1v) is 10.6. The molecule has 3 atom stereocenters. The summed E-state index contributed by atoms with van der Waals surface area (Å²) >= 11 is 0. The molecule has 0 radical (unpaired) electrons. The Bertz CT molecular complexity index is 794. The van der Waals surface area contributed by atoms with Gasteiger partial charge in [-0.2, -0.15) is 34.8 Å². The molecule has 31 heavy (non-hydrogen) atoms. The van der Waals surface area contributed by atoms with Crippen LogP contribution in [0.2, 0.25) is 0 Å². The number of fused-ring (bicyclic) bond motifs is 2. The second kappa shape index (κ2) is 8.39. The molecule has 3 unspecified atom stereocenters. The first-order chi connectivity index (χ1) is 14.0. The van der Waals surface area contributed by atoms with Crippen molar-refractivity contribution in [2.75, 3.05) is 13.2 Å². The molecule has 0 saturated heterocycles. The summed E-state index contributed by atoms with van der Waals surface area (Å²) in [6.45, 7) is -1.94. The van der Waals surface area contributed by atoms with E-state index in [0.717, 1.165) is 19.3 Å². The molecular formula is C16H21F6NO7S. The standard InChI is InChI=1S/C16H21F6NO7S/c17-15(18,19)14(16(20,21)22,31(26,27)28)12(25)29-7-11(24)30-8-13-3-1-2-9(5-13)4-10(23)6-13/h9-10H,1-8,23H2,(H,26,27,28). The van der Waals surface area contributed by atoms with E-state index >= 15 is 0 Å². The van der Waals surface area contributed by atoms with Gasteiger partial charge < -0.3 is 15.2 Å². The molecule has 0 aromatic heterocycles. The van der Waals surface area contributed by atoms with E-state index in [1.807, 2.05) is 0 Å². The molecule has 3 N–H and O–H groups in total. The van der Waals surface area contributed by atoms with Gasteiger partial charge in [0, 0.05) is 11.5 Å². The molecule has 0 spiro atoms. The highest BCUT2D eigenvalue weighted by Crippen LogP contribution is 2.50. The molecule has 2 aliphatic carbocycles. The van der Waals surface area contributed by atoms with Crippen molar-refractivity contribution in [3.63, 3.8) is 0 Å². The van der Waals surface area contributed by atoms with Gasteiger partial charge in [-0.25, -0.2) is 9.59 Å². The molecule has 2 fully saturated rings. The van der Waals surface area contributed by atoms with E-state index in [0.29, 0.717) is 25.2 Å². The second-order valence-electron chi connectivity index (χ2n) is 8.05. The Morgan fingerprint density at radius 3 is 2.16 bits per heavy atom. The van der Waals surface area contributed by atoms with E-state index < -0.39 is 51.2 Å². The van der Waals surface area contributed by atoms with Crippen LogP contribution in [-0.2, 0) is 29.2 Å². The maximum atomic E-state index is 13.0. The maximum absolute atomic E-state index is 13.0. The number of carbonyl (C=O) groups excluding carboxylic acids is 2. The summed E-state index contributed by atoms with van der Waals surface area (Å²) in [6, 6.07) is -0.149. The molecule has 2 aliphatic rings. The number of nitrogens with two attached hydrogens (primary N) is 1. The summed E-state index contributed by atoms with van der Waals surface area (Å²) in [6.07, 6.45) is -9.25. The van der Waals surface area contributed by atoms with Gasteiger partial charge in [0.15, 0.2) is 6.61 Å². The molecule has 0 aliphatic heterocycles. The Morgan fingerprint density at radius 2 is 1.65 bits per heavy atom. The minimum atomic E-state index is -7.13. The van der Waals surface area contributed by atoms with Gasteiger partial charge in [-0.15, -0.1) is 0 Å². The van der Waals surface area contributed by atoms with Crippen LogP contribution in [0.15, 0.2) is 0 Å². The van der Waals surface area contributed by atoms with Crippen molar-refractivity contribution in [3.8, 4) is 0 Å². The van der Waals surface area contributed by atoms with Crippen LogP contribution in [0.1, 0.15) is 38.5 Å². The molecule has 0 aromatic rings. The summed E-state index contributed by atoms with van der Waals surface area (Å²) in [4.78, 5) is 23.4. The van der Waals surface area contributed by atoms with Crippen LogP contribution in [-0.4, -0.2) is 61.3 Å². The number of alkyl halides is 6. The Hall–Kier alpha value is -1.61. The summed E-state index contributed by atoms with van der Waals surface area (Å²) in [7, 11) is -7.13. The lowest BCUT2D eigenvalue weighted by Crippen LogP contribution is -2.67. The SMILES string of the molecule is NC1CC2CCCC(COC(=O)COC(=O)C(C(F)(F)F)(C(F)(F)F)S(=O)(=O)O)(C1)C2. The predicted molar refractivity (Wildman–Crippen MR) is 89.9 cm³/mol. The molecule has 2 rings (SSSR count). The minimum Gasteiger partial charge on any atom is -0.463 e. The number of esters is 2. The Morgan fingerprint density at radius 1 is 1.06 bits per heavy atom. The van der Waals surface area contributed by atoms with E-state index in [1.54, 1.807) is 0 Å². The van der Waals surface area contributed by atoms with Crippen molar-refractivity contribution < 1.29 is 58.4 Å². The van der Waals surface area contributed by atoms with Crippen molar-refractivity contribution in [2.24, 2.45) is 17.1 Å². The van der Waals surface area contributed by atoms with Crippen molar-refractivity contribution in [1.29, 1.82) is 0 Å². The van der Waals surface area contributed by atoms with Crippen molar-refractivity contribution in [3.05, 3.63) is 0 Å². The second-order valence-corrected chi connectivity index (χ2v) is 9.61. The molecule has 15 heteroatoms. The van der Waals surface area contributed by atoms with Crippen LogP contribution in [0.3, 0.4) is 0 Å². The minimum absolute atomic E-state index is 0.149. The predicted octanol–water partition coefficient (Wildman–Crippen LogP) is 2.12. The lowest BCUT2D eigenvalue weighted by molar-refractivity contribution is -0.268. The fourth-order valence-electron chi connectivity index (χ4n) is 4.52. The molecule has 180 valence electrons. The smallest absolute Gasteiger partial charge is 0.430 e. The van der Waals surface area contributed by atoms with Crippen molar-refractivity contribution in [1.82, 2.24) is 0 Å². The fourth-order valence-corrected chi connectivity index (χ4v) is 5.37. The van der Waals surface area contributed by atoms with Crippen LogP contribution < -0.4 is 5.73 Å². The van der Waals surface area contributed by atoms with Gasteiger partial charge in [0.25, 0.3) is 0 Å². The van der Waals surface area contributed by atoms with Crippen LogP contribution in [0.5, 0.6) is 0 Å². The molecule has 0 heterocycles. The van der Waals surface area contributed by atoms with Gasteiger partial charge >= 0.3 is 39.2 Å². The van der Waals surface area contributed by atoms with Crippen LogP contribution >= 0.6 is 0 Å². The number of rotatable bonds is 6. The van der Waals surface area contributed by atoms with E-state index in [-0.39, 0.29) is 12.6 Å². The Labute approximate surface area is 173 Å². The zero-order chi connectivity index (χ0) is 23.9. The maximum Gasteiger partial charge on any atom is 0.430 e. The Kier molecular flexibility index (Phi) is 6.94. The Balaban J connectivity index is 2.08. The highest BCUT2D eigenvalue weighted by molar-refractivity contribution is 7.88. The first-order valence-electron chi connectivity index (χ1n) is 9.14. The van der Waals surface area contributed by atoms with Crippen molar-refractivity contribution in [2.45, 2.75) is 61.7 Å². The summed E-state index contributed by atoms with van der Waals surface area (Å²) in [5, 5.41) is 0. The zero-order valence-electron chi connectivity index (χ0n) is 16.0. The van der Waals surface area contributed by atoms with Gasteiger partial charge in [0.05, 0.1) is 6.61 Å². The lowest BCUT2D eigenvalue weighted by atomic mass is 9.61. The number of carbonyl (C=O) groups is 2. The lowest BCUT2D eigenvalue weighted by Gasteiger charge is -2.47. The first kappa shape index (κ1) is 25.6. The van der Waals surface area contributed by atoms with Crippen molar-refractivity contribution >= 4 is 22.1 Å². The third kappa shape index (κ3) is 4.92. The summed E-state index contributed by atoms with van der Waals surface area (Å²) in [5.41, 5.74) is 5.49. The van der Waals surface area contributed by atoms with Crippen LogP contribution in [0.4, 0.5) is 26.3 Å². The largest absolute Gasteiger partial charge is 0.463 e. The highest BCUT2D eigenvalue weighted by atomic mass is 32.2. The molecular weight excluding hydrogens is 464 g/mol. The normalized spacial score (nSPS) is 27.5. The number of hydrogen-bond donors (Lipinski definition) is 2. The summed E-state index contributed by atoms with van der Waals surface area (Å²) in [5.74, 6) is -4.58. The van der Waals surface area contributed by atoms with Gasteiger partial charge in [-0.05, 0) is 31.6 Å². The average molecular weight is 485 g/mol. The van der Waals surface area contributed by atoms with E-state index in [9.17, 15) is 44.3 Å². The van der Waals surface area contributed by atoms with Gasteiger partial charge in [0.1, 0.15) is 0 Å². The van der Waals surface area contributed by atoms with Gasteiger partial charge in [-0.1, -0.05) is 12.8 Å². The third-order valence-electron chi connectivity index (χ3n) is 5.71. The monoisotopic (exact) mass is 485 g/mol. The number of halogens is 6. The van der Waals surface area contributed by atoms with Crippen LogP contribution in [0, 0.1) is 11.3 Å². The van der Waals surface area contributed by atoms with E-state index in [2.05, 4.69) is 4.74 Å². The highest BCUT2D eigenvalue weighted by Gasteiger charge is 2.84. The van der Waals surface area contributed by atoms with E-state index in [4.69, 9.17) is 15.0 Å². The fraction of sp³-hybridized carbons (Fsp3) is 0.875. The third-order valence-corrected chi connectivity index (χ3v) is 7.11.